The molecular weight excluding hydrogens is 588 g/mol. The molecule has 2 aliphatic heterocycles. The highest BCUT2D eigenvalue weighted by Crippen LogP contribution is 2.72. The minimum atomic E-state index is -0.822. The molecular formula is C41H46O6. The van der Waals surface area contributed by atoms with Gasteiger partial charge >= 0.3 is 11.9 Å². The van der Waals surface area contributed by atoms with Crippen molar-refractivity contribution in [3.63, 3.8) is 0 Å². The number of carbonyl (C=O) groups is 2. The summed E-state index contributed by atoms with van der Waals surface area (Å²) in [5, 5.41) is 20.9. The van der Waals surface area contributed by atoms with Crippen molar-refractivity contribution in [3.05, 3.63) is 94.5 Å². The predicted octanol–water partition coefficient (Wildman–Crippen LogP) is 8.66. The maximum Gasteiger partial charge on any atom is 0.340 e. The van der Waals surface area contributed by atoms with Crippen LogP contribution in [-0.2, 0) is 19.1 Å². The van der Waals surface area contributed by atoms with Crippen molar-refractivity contribution in [2.75, 3.05) is 6.61 Å². The quantitative estimate of drug-likeness (QED) is 0.254. The monoisotopic (exact) mass is 634 g/mol. The molecule has 1 spiro atoms. The Balaban J connectivity index is 1.48. The lowest BCUT2D eigenvalue weighted by Crippen LogP contribution is -2.52. The van der Waals surface area contributed by atoms with Gasteiger partial charge in [-0.3, -0.25) is 0 Å². The number of benzene rings is 2. The van der Waals surface area contributed by atoms with E-state index in [0.29, 0.717) is 35.9 Å². The SMILES string of the molecule is CCCC=C1OC(=O)C2=C1CCC1C3CCC4(C(=CC(CCO)CCC(C)C)OC(=O)C4=C3c3cc(O)ccc3-c3ccccc3)C21. The van der Waals surface area contributed by atoms with Crippen LogP contribution in [0.5, 0.6) is 5.75 Å². The van der Waals surface area contributed by atoms with E-state index in [2.05, 4.69) is 45.1 Å². The standard InChI is InChI=1S/C41H46O6/c1-4-5-11-33-31-17-16-30-29-18-20-41(37(30)36(31)39(44)46-33)34(22-25(19-21-42)13-12-24(2)3)47-40(45)38(41)35(29)32-23-27(43)14-15-28(32)26-9-7-6-8-10-26/h6-11,14-15,22-25,29-30,37,42-43H,4-5,12-13,16-21H2,1-3H3. The number of rotatable bonds is 10. The van der Waals surface area contributed by atoms with Gasteiger partial charge in [0.05, 0.1) is 11.0 Å². The van der Waals surface area contributed by atoms with E-state index in [1.807, 2.05) is 30.3 Å². The molecule has 0 radical (unpaired) electrons. The number of fused-ring (bicyclic) bond motifs is 1. The Morgan fingerprint density at radius 1 is 0.957 bits per heavy atom. The fraction of sp³-hybridized carbons (Fsp3) is 0.463. The van der Waals surface area contributed by atoms with Crippen LogP contribution in [0.4, 0.5) is 0 Å². The minimum Gasteiger partial charge on any atom is -0.508 e. The van der Waals surface area contributed by atoms with Gasteiger partial charge in [-0.2, -0.15) is 0 Å². The summed E-state index contributed by atoms with van der Waals surface area (Å²) in [6.07, 6.45) is 11.6. The Kier molecular flexibility index (Phi) is 8.50. The smallest absolute Gasteiger partial charge is 0.340 e. The number of aromatic hydroxyl groups is 1. The molecule has 0 aromatic heterocycles. The Morgan fingerprint density at radius 3 is 2.51 bits per heavy atom. The van der Waals surface area contributed by atoms with Gasteiger partial charge in [0.15, 0.2) is 0 Å². The fourth-order valence-electron chi connectivity index (χ4n) is 9.35. The van der Waals surface area contributed by atoms with Gasteiger partial charge in [-0.1, -0.05) is 70.0 Å². The second-order valence-electron chi connectivity index (χ2n) is 14.5. The molecule has 5 unspecified atom stereocenters. The molecule has 2 aromatic rings. The van der Waals surface area contributed by atoms with Crippen molar-refractivity contribution in [1.29, 1.82) is 0 Å². The number of aliphatic hydroxyl groups excluding tert-OH is 1. The Labute approximate surface area is 277 Å². The van der Waals surface area contributed by atoms with Crippen LogP contribution < -0.4 is 0 Å². The van der Waals surface area contributed by atoms with Crippen LogP contribution in [0.1, 0.15) is 84.1 Å². The summed E-state index contributed by atoms with van der Waals surface area (Å²) in [5.41, 5.74) is 5.35. The van der Waals surface area contributed by atoms with Crippen LogP contribution >= 0.6 is 0 Å². The summed E-state index contributed by atoms with van der Waals surface area (Å²) >= 11 is 0. The number of hydrogen-bond donors (Lipinski definition) is 2. The summed E-state index contributed by atoms with van der Waals surface area (Å²) in [5.74, 6) is 1.27. The van der Waals surface area contributed by atoms with E-state index in [0.717, 1.165) is 78.4 Å². The van der Waals surface area contributed by atoms with Crippen molar-refractivity contribution < 1.29 is 29.3 Å². The number of phenols is 1. The second-order valence-corrected chi connectivity index (χ2v) is 14.5. The van der Waals surface area contributed by atoms with Crippen LogP contribution in [0, 0.1) is 35.0 Å². The zero-order valence-corrected chi connectivity index (χ0v) is 27.8. The van der Waals surface area contributed by atoms with Gasteiger partial charge in [-0.25, -0.2) is 9.59 Å². The van der Waals surface area contributed by atoms with Gasteiger partial charge in [0.1, 0.15) is 17.3 Å². The average molecular weight is 635 g/mol. The molecule has 2 N–H and O–H groups in total. The molecule has 5 atom stereocenters. The van der Waals surface area contributed by atoms with Gasteiger partial charge < -0.3 is 19.7 Å². The number of phenolic OH excluding ortho intramolecular Hbond substituents is 1. The van der Waals surface area contributed by atoms with Crippen molar-refractivity contribution in [1.82, 2.24) is 0 Å². The zero-order valence-electron chi connectivity index (χ0n) is 27.8. The van der Waals surface area contributed by atoms with Crippen LogP contribution in [0.25, 0.3) is 16.7 Å². The lowest BCUT2D eigenvalue weighted by molar-refractivity contribution is -0.135. The van der Waals surface area contributed by atoms with E-state index in [1.165, 1.54) is 0 Å². The molecule has 8 rings (SSSR count). The third kappa shape index (κ3) is 5.20. The number of aliphatic hydroxyl groups is 1. The average Bonchev–Trinajstić information content (AvgIpc) is 3.55. The van der Waals surface area contributed by atoms with Crippen molar-refractivity contribution in [3.8, 4) is 16.9 Å². The van der Waals surface area contributed by atoms with E-state index >= 15 is 0 Å². The first-order valence-corrected chi connectivity index (χ1v) is 17.6. The highest BCUT2D eigenvalue weighted by atomic mass is 16.5. The van der Waals surface area contributed by atoms with Crippen molar-refractivity contribution >= 4 is 17.5 Å². The van der Waals surface area contributed by atoms with E-state index in [4.69, 9.17) is 9.47 Å². The third-order valence-electron chi connectivity index (χ3n) is 11.3. The number of hydrogen-bond acceptors (Lipinski definition) is 6. The maximum atomic E-state index is 14.4. The molecule has 1 saturated carbocycles. The Hall–Kier alpha value is -3.90. The van der Waals surface area contributed by atoms with Gasteiger partial charge in [0.25, 0.3) is 0 Å². The minimum absolute atomic E-state index is 0.0211. The number of esters is 2. The fourth-order valence-corrected chi connectivity index (χ4v) is 9.35. The van der Waals surface area contributed by atoms with Crippen LogP contribution in [0.15, 0.2) is 88.9 Å². The van der Waals surface area contributed by atoms with E-state index in [1.54, 1.807) is 6.07 Å². The maximum absolute atomic E-state index is 14.4. The number of unbranched alkanes of at least 4 members (excludes halogenated alkanes) is 1. The molecule has 2 aromatic carbocycles. The number of allylic oxidation sites excluding steroid dienone is 5. The molecule has 6 nitrogen and oxygen atoms in total. The normalized spacial score (nSPS) is 28.6. The summed E-state index contributed by atoms with van der Waals surface area (Å²) in [6.45, 7) is 6.56. The zero-order chi connectivity index (χ0) is 32.9. The Bertz CT molecular complexity index is 1710. The summed E-state index contributed by atoms with van der Waals surface area (Å²) < 4.78 is 12.4. The summed E-state index contributed by atoms with van der Waals surface area (Å²) in [4.78, 5) is 28.3. The summed E-state index contributed by atoms with van der Waals surface area (Å²) in [6, 6.07) is 15.6. The first kappa shape index (κ1) is 31.7. The van der Waals surface area contributed by atoms with E-state index in [-0.39, 0.29) is 48.0 Å². The van der Waals surface area contributed by atoms with Gasteiger partial charge in [0, 0.05) is 23.7 Å². The molecule has 1 saturated heterocycles. The van der Waals surface area contributed by atoms with E-state index in [9.17, 15) is 19.8 Å². The molecule has 2 fully saturated rings. The molecule has 47 heavy (non-hydrogen) atoms. The van der Waals surface area contributed by atoms with Crippen LogP contribution in [0.3, 0.4) is 0 Å². The topological polar surface area (TPSA) is 93.1 Å². The molecule has 4 aliphatic carbocycles. The van der Waals surface area contributed by atoms with Gasteiger partial charge in [-0.05, 0) is 115 Å². The predicted molar refractivity (Wildman–Crippen MR) is 181 cm³/mol. The van der Waals surface area contributed by atoms with Crippen LogP contribution in [-0.4, -0.2) is 28.8 Å². The van der Waals surface area contributed by atoms with Crippen molar-refractivity contribution in [2.45, 2.75) is 78.6 Å². The number of ether oxygens (including phenoxy) is 2. The molecule has 0 amide bonds. The first-order chi connectivity index (χ1) is 22.8. The largest absolute Gasteiger partial charge is 0.508 e. The lowest BCUT2D eigenvalue weighted by Gasteiger charge is -2.56. The lowest BCUT2D eigenvalue weighted by atomic mass is 9.44. The number of carbonyl (C=O) groups excluding carboxylic acids is 2. The molecule has 6 heteroatoms. The summed E-state index contributed by atoms with van der Waals surface area (Å²) in [7, 11) is 0. The molecule has 246 valence electrons. The van der Waals surface area contributed by atoms with Crippen LogP contribution in [0.2, 0.25) is 0 Å². The molecule has 2 bridgehead atoms. The Morgan fingerprint density at radius 2 is 1.77 bits per heavy atom. The first-order valence-electron chi connectivity index (χ1n) is 17.6. The number of cyclic esters (lactones) is 2. The van der Waals surface area contributed by atoms with E-state index < -0.39 is 5.41 Å². The highest BCUT2D eigenvalue weighted by molar-refractivity contribution is 6.07. The van der Waals surface area contributed by atoms with Gasteiger partial charge in [0.2, 0.25) is 0 Å². The highest BCUT2D eigenvalue weighted by Gasteiger charge is 2.68. The molecule has 6 aliphatic rings. The van der Waals surface area contributed by atoms with Crippen molar-refractivity contribution in [2.24, 2.45) is 35.0 Å². The van der Waals surface area contributed by atoms with Gasteiger partial charge in [-0.15, -0.1) is 0 Å². The molecule has 2 heterocycles. The second kappa shape index (κ2) is 12.6. The third-order valence-corrected chi connectivity index (χ3v) is 11.3.